The van der Waals surface area contributed by atoms with Crippen molar-refractivity contribution >= 4 is 51.9 Å². The van der Waals surface area contributed by atoms with Gasteiger partial charge in [-0.3, -0.25) is 28.3 Å². The molecule has 2 aliphatic rings. The second-order valence-electron chi connectivity index (χ2n) is 23.5. The molecule has 18 nitrogen and oxygen atoms in total. The highest BCUT2D eigenvalue weighted by atomic mass is 19.1. The number of anilines is 2. The number of amides is 3. The van der Waals surface area contributed by atoms with Crippen molar-refractivity contribution in [3.8, 4) is 33.9 Å². The Labute approximate surface area is 501 Å². The van der Waals surface area contributed by atoms with Gasteiger partial charge < -0.3 is 35.4 Å². The van der Waals surface area contributed by atoms with Crippen LogP contribution >= 0.6 is 0 Å². The van der Waals surface area contributed by atoms with Crippen LogP contribution in [0.4, 0.5) is 34.3 Å². The molecule has 10 rings (SSSR count). The number of piperidine rings is 2. The molecule has 4 aromatic carbocycles. The number of pyridine rings is 2. The van der Waals surface area contributed by atoms with Crippen molar-refractivity contribution in [2.24, 2.45) is 0 Å². The molecule has 8 aromatic rings. The highest BCUT2D eigenvalue weighted by Crippen LogP contribution is 2.36. The van der Waals surface area contributed by atoms with Crippen LogP contribution < -0.4 is 36.9 Å². The SMILES string of the molecule is CNC1CCN(c2nc(-c3cc(C(=O)NC(C)C)ccc3C)c3ccc(=O)n(-c4c(F)cccc4F)c3n2)CC1.Cc1ccc(C(=O)NC(C)C)cc1-c1nc(N2CCC(N(C)C(=O)OC(C)(C)C)CC2)nc2c1ccc(=O)n2-c1c(F)cccc1F. The summed E-state index contributed by atoms with van der Waals surface area (Å²) in [5.41, 5.74) is 1.79. The van der Waals surface area contributed by atoms with E-state index in [1.54, 1.807) is 42.3 Å². The lowest BCUT2D eigenvalue weighted by Crippen LogP contribution is -2.47. The number of aromatic nitrogens is 6. The molecular formula is C65H72F4N12O6. The number of carbonyl (C=O) groups excluding carboxylic acids is 3. The largest absolute Gasteiger partial charge is 0.444 e. The van der Waals surface area contributed by atoms with E-state index in [2.05, 4.69) is 16.0 Å². The average molecular weight is 1190 g/mol. The minimum absolute atomic E-state index is 0.0194. The summed E-state index contributed by atoms with van der Waals surface area (Å²) in [6.07, 6.45) is 2.48. The van der Waals surface area contributed by atoms with Gasteiger partial charge in [0, 0.05) is 103 Å². The number of rotatable bonds is 12. The number of aryl methyl sites for hydroxylation is 2. The van der Waals surface area contributed by atoms with Crippen LogP contribution in [0.3, 0.4) is 0 Å². The van der Waals surface area contributed by atoms with Crippen LogP contribution in [0.25, 0.3) is 56.0 Å². The average Bonchev–Trinajstić information content (AvgIpc) is 1.12. The Balaban J connectivity index is 0.000000210. The Morgan fingerprint density at radius 2 is 0.977 bits per heavy atom. The predicted octanol–water partition coefficient (Wildman–Crippen LogP) is 10.4. The van der Waals surface area contributed by atoms with Gasteiger partial charge >= 0.3 is 6.09 Å². The van der Waals surface area contributed by atoms with Crippen LogP contribution in [-0.4, -0.2) is 122 Å². The fourth-order valence-corrected chi connectivity index (χ4v) is 10.8. The van der Waals surface area contributed by atoms with E-state index < -0.39 is 57.5 Å². The van der Waals surface area contributed by atoms with Gasteiger partial charge in [-0.2, -0.15) is 9.97 Å². The summed E-state index contributed by atoms with van der Waals surface area (Å²) in [5.74, 6) is -3.49. The summed E-state index contributed by atoms with van der Waals surface area (Å²) in [6.45, 7) is 19.0. The fourth-order valence-electron chi connectivity index (χ4n) is 10.8. The van der Waals surface area contributed by atoms with Crippen molar-refractivity contribution in [3.05, 3.63) is 163 Å². The lowest BCUT2D eigenvalue weighted by Gasteiger charge is -2.37. The van der Waals surface area contributed by atoms with E-state index in [1.807, 2.05) is 91.3 Å². The van der Waals surface area contributed by atoms with Crippen LogP contribution in [0.2, 0.25) is 0 Å². The molecule has 0 radical (unpaired) electrons. The molecule has 456 valence electrons. The number of nitrogens with zero attached hydrogens (tertiary/aromatic N) is 9. The summed E-state index contributed by atoms with van der Waals surface area (Å²) in [5, 5.41) is 9.90. The Morgan fingerprint density at radius 3 is 1.34 bits per heavy atom. The van der Waals surface area contributed by atoms with Gasteiger partial charge in [0.25, 0.3) is 22.9 Å². The van der Waals surface area contributed by atoms with E-state index in [0.29, 0.717) is 95.4 Å². The van der Waals surface area contributed by atoms with E-state index in [9.17, 15) is 24.0 Å². The molecule has 3 N–H and O–H groups in total. The third-order valence-corrected chi connectivity index (χ3v) is 15.3. The molecule has 3 amide bonds. The smallest absolute Gasteiger partial charge is 0.410 e. The number of hydrogen-bond donors (Lipinski definition) is 3. The molecule has 2 aliphatic heterocycles. The second kappa shape index (κ2) is 25.9. The van der Waals surface area contributed by atoms with Gasteiger partial charge in [0.2, 0.25) is 11.9 Å². The number of benzene rings is 4. The normalized spacial score (nSPS) is 14.1. The van der Waals surface area contributed by atoms with Crippen molar-refractivity contribution in [2.45, 2.75) is 118 Å². The molecule has 2 saturated heterocycles. The molecule has 0 saturated carbocycles. The molecule has 0 bridgehead atoms. The number of hydrogen-bond acceptors (Lipinski definition) is 13. The van der Waals surface area contributed by atoms with Crippen molar-refractivity contribution in [1.82, 2.24) is 49.9 Å². The van der Waals surface area contributed by atoms with Gasteiger partial charge in [-0.25, -0.2) is 32.3 Å². The lowest BCUT2D eigenvalue weighted by atomic mass is 9.99. The van der Waals surface area contributed by atoms with Gasteiger partial charge in [-0.1, -0.05) is 24.3 Å². The first kappa shape index (κ1) is 62.5. The summed E-state index contributed by atoms with van der Waals surface area (Å²) in [7, 11) is 3.64. The van der Waals surface area contributed by atoms with Gasteiger partial charge in [0.1, 0.15) is 40.2 Å². The monoisotopic (exact) mass is 1190 g/mol. The van der Waals surface area contributed by atoms with Crippen LogP contribution in [0, 0.1) is 37.1 Å². The maximum Gasteiger partial charge on any atom is 0.410 e. The maximum absolute atomic E-state index is 15.2. The van der Waals surface area contributed by atoms with Crippen LogP contribution in [0.5, 0.6) is 0 Å². The first-order valence-corrected chi connectivity index (χ1v) is 29.1. The summed E-state index contributed by atoms with van der Waals surface area (Å²) in [4.78, 5) is 90.0. The Bertz CT molecular complexity index is 4010. The zero-order valence-corrected chi connectivity index (χ0v) is 50.7. The highest BCUT2D eigenvalue weighted by Gasteiger charge is 2.32. The standard InChI is InChI=1S/C35H40F2N6O4.C30H32F2N6O2/c1-20(2)38-32(45)22-12-11-21(3)25(19-22)29-24-13-14-28(44)43(30-26(36)9-8-10-27(30)37)31(24)40-33(39-29)42-17-15-23(16-18-42)41(7)34(46)47-35(4,5)6;1-17(2)34-29(40)19-9-8-18(3)22(16-19)26-21-10-11-25(39)38(27-23(31)6-5-7-24(27)32)28(21)36-30(35-26)37-14-12-20(33-4)13-15-37/h8-14,19-20,23H,15-18H2,1-7H3,(H,38,45);5-11,16-17,20,33H,12-15H2,1-4H3,(H,34,40). The third kappa shape index (κ3) is 13.7. The van der Waals surface area contributed by atoms with E-state index >= 15 is 17.6 Å². The number of halogens is 4. The first-order chi connectivity index (χ1) is 41.3. The van der Waals surface area contributed by atoms with E-state index in [-0.39, 0.29) is 47.2 Å². The van der Waals surface area contributed by atoms with E-state index in [1.165, 1.54) is 30.3 Å². The van der Waals surface area contributed by atoms with Crippen molar-refractivity contribution in [3.63, 3.8) is 0 Å². The topological polar surface area (TPSA) is 202 Å². The molecule has 6 heterocycles. The number of para-hydroxylation sites is 2. The van der Waals surface area contributed by atoms with Crippen LogP contribution in [-0.2, 0) is 4.74 Å². The van der Waals surface area contributed by atoms with Gasteiger partial charge in [0.05, 0.1) is 11.4 Å². The van der Waals surface area contributed by atoms with Gasteiger partial charge in [-0.15, -0.1) is 0 Å². The maximum atomic E-state index is 15.2. The Kier molecular flexibility index (Phi) is 18.6. The minimum atomic E-state index is -0.921. The zero-order chi connectivity index (χ0) is 62.8. The number of nitrogens with one attached hydrogen (secondary N) is 3. The summed E-state index contributed by atoms with van der Waals surface area (Å²) >= 11 is 0. The van der Waals surface area contributed by atoms with Gasteiger partial charge in [-0.05, 0) is 167 Å². The molecule has 0 atom stereocenters. The van der Waals surface area contributed by atoms with Gasteiger partial charge in [0.15, 0.2) is 11.3 Å². The number of ether oxygens (including phenoxy) is 1. The summed E-state index contributed by atoms with van der Waals surface area (Å²) in [6, 6.07) is 23.2. The molecule has 22 heteroatoms. The molecule has 4 aromatic heterocycles. The van der Waals surface area contributed by atoms with Crippen LogP contribution in [0.15, 0.2) is 107 Å². The fraction of sp³-hybridized carbons (Fsp3) is 0.369. The molecular weight excluding hydrogens is 1120 g/mol. The molecule has 87 heavy (non-hydrogen) atoms. The first-order valence-electron chi connectivity index (χ1n) is 29.1. The van der Waals surface area contributed by atoms with E-state index in [0.717, 1.165) is 57.4 Å². The van der Waals surface area contributed by atoms with E-state index in [4.69, 9.17) is 24.7 Å². The highest BCUT2D eigenvalue weighted by molar-refractivity contribution is 6.00. The quantitative estimate of drug-likeness (QED) is 0.0977. The summed E-state index contributed by atoms with van der Waals surface area (Å²) < 4.78 is 67.8. The second-order valence-corrected chi connectivity index (χ2v) is 23.5. The van der Waals surface area contributed by atoms with Crippen molar-refractivity contribution in [2.75, 3.05) is 50.1 Å². The zero-order valence-electron chi connectivity index (χ0n) is 50.7. The Hall–Kier alpha value is -9.05. The van der Waals surface area contributed by atoms with Crippen molar-refractivity contribution < 1.29 is 36.7 Å². The molecule has 0 aliphatic carbocycles. The van der Waals surface area contributed by atoms with Crippen molar-refractivity contribution in [1.29, 1.82) is 0 Å². The minimum Gasteiger partial charge on any atom is -0.444 e. The molecule has 0 spiro atoms. The Morgan fingerprint density at radius 1 is 0.586 bits per heavy atom. The molecule has 0 unspecified atom stereocenters. The lowest BCUT2D eigenvalue weighted by molar-refractivity contribution is 0.0200. The number of fused-ring (bicyclic) bond motifs is 2. The van der Waals surface area contributed by atoms with Crippen LogP contribution in [0.1, 0.15) is 106 Å². The molecule has 2 fully saturated rings. The predicted molar refractivity (Wildman–Crippen MR) is 329 cm³/mol. The number of carbonyl (C=O) groups is 3. The third-order valence-electron chi connectivity index (χ3n) is 15.3.